The molecule has 0 aliphatic rings. The van der Waals surface area contributed by atoms with Gasteiger partial charge in [-0.15, -0.1) is 11.3 Å². The van der Waals surface area contributed by atoms with Crippen LogP contribution in [0.15, 0.2) is 54.7 Å². The second-order valence-corrected chi connectivity index (χ2v) is 8.88. The van der Waals surface area contributed by atoms with Crippen LogP contribution in [0.2, 0.25) is 5.02 Å². The fourth-order valence-electron chi connectivity index (χ4n) is 3.08. The number of carboxylic acid groups (broad SMARTS) is 1. The highest BCUT2D eigenvalue weighted by Crippen LogP contribution is 2.28. The lowest BCUT2D eigenvalue weighted by molar-refractivity contribution is -0.138. The summed E-state index contributed by atoms with van der Waals surface area (Å²) in [6.45, 7) is 2.38. The van der Waals surface area contributed by atoms with Crippen LogP contribution < -0.4 is 4.74 Å². The Morgan fingerprint density at radius 2 is 1.97 bits per heavy atom. The summed E-state index contributed by atoms with van der Waals surface area (Å²) in [5, 5.41) is 10.1. The first-order valence-corrected chi connectivity index (χ1v) is 10.9. The maximum absolute atomic E-state index is 12.7. The molecule has 162 valence electrons. The molecule has 31 heavy (non-hydrogen) atoms. The fourth-order valence-corrected chi connectivity index (χ4v) is 3.93. The van der Waals surface area contributed by atoms with Gasteiger partial charge in [0, 0.05) is 34.6 Å². The predicted molar refractivity (Wildman–Crippen MR) is 121 cm³/mol. The third-order valence-corrected chi connectivity index (χ3v) is 5.77. The molecule has 0 radical (unpaired) electrons. The lowest BCUT2D eigenvalue weighted by Gasteiger charge is -2.23. The van der Waals surface area contributed by atoms with Crippen molar-refractivity contribution in [1.29, 1.82) is 0 Å². The number of carbonyl (C=O) groups is 2. The summed E-state index contributed by atoms with van der Waals surface area (Å²) in [4.78, 5) is 30.6. The van der Waals surface area contributed by atoms with Crippen LogP contribution in [0.1, 0.15) is 38.3 Å². The van der Waals surface area contributed by atoms with Gasteiger partial charge in [-0.05, 0) is 43.8 Å². The molecule has 3 rings (SSSR count). The Kier molecular flexibility index (Phi) is 7.79. The van der Waals surface area contributed by atoms with E-state index in [-0.39, 0.29) is 18.4 Å². The summed E-state index contributed by atoms with van der Waals surface area (Å²) in [6, 6.07) is 14.4. The van der Waals surface area contributed by atoms with Crippen molar-refractivity contribution in [3.63, 3.8) is 0 Å². The number of hydrogen-bond donors (Lipinski definition) is 1. The molecule has 1 unspecified atom stereocenters. The van der Waals surface area contributed by atoms with Gasteiger partial charge in [-0.2, -0.15) is 0 Å². The number of aliphatic carboxylic acids is 1. The third kappa shape index (κ3) is 6.62. The number of likely N-dealkylation sites (N-methyl/N-ethyl adjacent to an activating group) is 1. The van der Waals surface area contributed by atoms with E-state index in [1.165, 1.54) is 11.3 Å². The molecule has 0 aliphatic heterocycles. The molecule has 2 aromatic carbocycles. The third-order valence-electron chi connectivity index (χ3n) is 4.61. The Bertz CT molecular complexity index is 1050. The Morgan fingerprint density at radius 3 is 2.61 bits per heavy atom. The minimum absolute atomic E-state index is 0.0510. The number of aryl methyl sites for hydroxylation is 1. The highest BCUT2D eigenvalue weighted by molar-refractivity contribution is 7.13. The Hall–Kier alpha value is -2.74. The minimum Gasteiger partial charge on any atom is -0.486 e. The van der Waals surface area contributed by atoms with Crippen molar-refractivity contribution in [3.8, 4) is 5.75 Å². The number of halogens is 1. The molecule has 1 N–H and O–H groups in total. The van der Waals surface area contributed by atoms with Crippen LogP contribution in [-0.2, 0) is 4.79 Å². The molecule has 1 atom stereocenters. The fraction of sp³-hybridized carbons (Fsp3) is 0.261. The lowest BCUT2D eigenvalue weighted by Crippen LogP contribution is -2.28. The van der Waals surface area contributed by atoms with Gasteiger partial charge >= 0.3 is 5.97 Å². The second-order valence-electron chi connectivity index (χ2n) is 7.21. The summed E-state index contributed by atoms with van der Waals surface area (Å²) in [6.07, 6.45) is 1.92. The summed E-state index contributed by atoms with van der Waals surface area (Å²) < 4.78 is 6.24. The van der Waals surface area contributed by atoms with Crippen LogP contribution in [0.5, 0.6) is 5.75 Å². The van der Waals surface area contributed by atoms with Crippen molar-refractivity contribution >= 4 is 34.7 Å². The predicted octanol–water partition coefficient (Wildman–Crippen LogP) is 4.86. The first kappa shape index (κ1) is 22.9. The largest absolute Gasteiger partial charge is 0.486 e. The SMILES string of the molecule is Cc1cnc(C(=O)c2cccc(OC(CCN(C)CC(=O)O)c3ccc(Cl)cc3)c2)s1. The average Bonchev–Trinajstić information content (AvgIpc) is 3.17. The molecule has 3 aromatic rings. The van der Waals surface area contributed by atoms with E-state index >= 15 is 0 Å². The van der Waals surface area contributed by atoms with Crippen LogP contribution in [-0.4, -0.2) is 46.9 Å². The number of thiazole rings is 1. The molecule has 0 aliphatic carbocycles. The van der Waals surface area contributed by atoms with Crippen LogP contribution in [0.4, 0.5) is 0 Å². The molecule has 6 nitrogen and oxygen atoms in total. The quantitative estimate of drug-likeness (QED) is 0.437. The smallest absolute Gasteiger partial charge is 0.317 e. The van der Waals surface area contributed by atoms with Gasteiger partial charge in [0.25, 0.3) is 0 Å². The van der Waals surface area contributed by atoms with Gasteiger partial charge in [0.1, 0.15) is 11.9 Å². The zero-order valence-electron chi connectivity index (χ0n) is 17.2. The van der Waals surface area contributed by atoms with Crippen LogP contribution in [0.25, 0.3) is 0 Å². The van der Waals surface area contributed by atoms with E-state index in [4.69, 9.17) is 21.4 Å². The summed E-state index contributed by atoms with van der Waals surface area (Å²) in [5.41, 5.74) is 1.42. The maximum Gasteiger partial charge on any atom is 0.317 e. The first-order chi connectivity index (χ1) is 14.8. The summed E-state index contributed by atoms with van der Waals surface area (Å²) in [5.74, 6) is -0.470. The molecule has 0 fully saturated rings. The van der Waals surface area contributed by atoms with Crippen molar-refractivity contribution in [1.82, 2.24) is 9.88 Å². The van der Waals surface area contributed by atoms with E-state index in [2.05, 4.69) is 4.98 Å². The Balaban J connectivity index is 1.79. The molecule has 1 heterocycles. The molecular formula is C23H23ClN2O4S. The van der Waals surface area contributed by atoms with Gasteiger partial charge in [-0.25, -0.2) is 4.98 Å². The monoisotopic (exact) mass is 458 g/mol. The average molecular weight is 459 g/mol. The van der Waals surface area contributed by atoms with Crippen LogP contribution >= 0.6 is 22.9 Å². The number of hydrogen-bond acceptors (Lipinski definition) is 6. The highest BCUT2D eigenvalue weighted by atomic mass is 35.5. The number of ketones is 1. The number of rotatable bonds is 10. The zero-order valence-corrected chi connectivity index (χ0v) is 18.8. The van der Waals surface area contributed by atoms with Gasteiger partial charge in [-0.1, -0.05) is 35.9 Å². The molecular weight excluding hydrogens is 436 g/mol. The molecule has 0 saturated carbocycles. The summed E-state index contributed by atoms with van der Waals surface area (Å²) >= 11 is 7.38. The number of aromatic nitrogens is 1. The maximum atomic E-state index is 12.7. The topological polar surface area (TPSA) is 79.7 Å². The van der Waals surface area contributed by atoms with E-state index in [0.29, 0.717) is 34.3 Å². The highest BCUT2D eigenvalue weighted by Gasteiger charge is 2.18. The van der Waals surface area contributed by atoms with Gasteiger partial charge in [-0.3, -0.25) is 14.5 Å². The Morgan fingerprint density at radius 1 is 1.23 bits per heavy atom. The number of benzene rings is 2. The number of nitrogens with zero attached hydrogens (tertiary/aromatic N) is 2. The van der Waals surface area contributed by atoms with E-state index in [0.717, 1.165) is 10.4 Å². The van der Waals surface area contributed by atoms with Gasteiger partial charge in [0.15, 0.2) is 5.01 Å². The van der Waals surface area contributed by atoms with E-state index < -0.39 is 5.97 Å². The molecule has 1 aromatic heterocycles. The molecule has 8 heteroatoms. The van der Waals surface area contributed by atoms with E-state index in [1.807, 2.05) is 19.1 Å². The van der Waals surface area contributed by atoms with Gasteiger partial charge in [0.2, 0.25) is 5.78 Å². The number of carboxylic acids is 1. The van der Waals surface area contributed by atoms with Crippen molar-refractivity contribution in [2.45, 2.75) is 19.4 Å². The van der Waals surface area contributed by atoms with Crippen molar-refractivity contribution in [2.24, 2.45) is 0 Å². The molecule has 0 spiro atoms. The van der Waals surface area contributed by atoms with Crippen LogP contribution in [0.3, 0.4) is 0 Å². The zero-order chi connectivity index (χ0) is 22.4. The number of carbonyl (C=O) groups excluding carboxylic acids is 1. The van der Waals surface area contributed by atoms with Crippen molar-refractivity contribution in [2.75, 3.05) is 20.1 Å². The van der Waals surface area contributed by atoms with E-state index in [9.17, 15) is 9.59 Å². The van der Waals surface area contributed by atoms with E-state index in [1.54, 1.807) is 54.5 Å². The molecule has 0 bridgehead atoms. The standard InChI is InChI=1S/C23H23ClN2O4S/c1-15-13-25-23(31-15)22(29)17-4-3-5-19(12-17)30-20(10-11-26(2)14-21(27)28)16-6-8-18(24)9-7-16/h3-9,12-13,20H,10-11,14H2,1-2H3,(H,27,28). The van der Waals surface area contributed by atoms with Crippen LogP contribution in [0, 0.1) is 6.92 Å². The van der Waals surface area contributed by atoms with Crippen molar-refractivity contribution in [3.05, 3.63) is 80.8 Å². The lowest BCUT2D eigenvalue weighted by atomic mass is 10.1. The second kappa shape index (κ2) is 10.5. The molecule has 0 amide bonds. The number of ether oxygens (including phenoxy) is 1. The minimum atomic E-state index is -0.880. The molecule has 0 saturated heterocycles. The first-order valence-electron chi connectivity index (χ1n) is 9.71. The van der Waals surface area contributed by atoms with Gasteiger partial charge in [0.05, 0.1) is 6.54 Å². The normalized spacial score (nSPS) is 12.0. The van der Waals surface area contributed by atoms with Crippen molar-refractivity contribution < 1.29 is 19.4 Å². The Labute approximate surface area is 190 Å². The summed E-state index contributed by atoms with van der Waals surface area (Å²) in [7, 11) is 1.75. The van der Waals surface area contributed by atoms with Gasteiger partial charge < -0.3 is 9.84 Å².